The monoisotopic (exact) mass is 268 g/mol. The molecule has 1 heterocycles. The first-order valence-electron chi connectivity index (χ1n) is 6.07. The molecule has 0 radical (unpaired) electrons. The van der Waals surface area contributed by atoms with Gasteiger partial charge in [-0.05, 0) is 26.0 Å². The molecule has 106 valence electrons. The van der Waals surface area contributed by atoms with Gasteiger partial charge in [0.25, 0.3) is 5.91 Å². The van der Waals surface area contributed by atoms with Crippen molar-refractivity contribution in [3.63, 3.8) is 0 Å². The summed E-state index contributed by atoms with van der Waals surface area (Å²) in [6, 6.07) is 3.18. The van der Waals surface area contributed by atoms with Gasteiger partial charge >= 0.3 is 0 Å². The van der Waals surface area contributed by atoms with Crippen LogP contribution in [0.1, 0.15) is 30.8 Å². The minimum atomic E-state index is -0.929. The van der Waals surface area contributed by atoms with Gasteiger partial charge in [-0.15, -0.1) is 0 Å². The van der Waals surface area contributed by atoms with Crippen LogP contribution in [0, 0.1) is 0 Å². The molecule has 0 atom stereocenters. The molecule has 0 aromatic carbocycles. The maximum Gasteiger partial charge on any atom is 0.286 e. The first-order valence-corrected chi connectivity index (χ1v) is 6.07. The van der Waals surface area contributed by atoms with E-state index in [2.05, 4.69) is 5.32 Å². The Bertz CT molecular complexity index is 420. The van der Waals surface area contributed by atoms with Gasteiger partial charge in [-0.25, -0.2) is 0 Å². The third kappa shape index (κ3) is 5.56. The number of carbonyl (C=O) groups excluding carboxylic acids is 2. The fourth-order valence-electron chi connectivity index (χ4n) is 1.64. The Labute approximate surface area is 112 Å². The third-order valence-corrected chi connectivity index (χ3v) is 2.42. The molecule has 19 heavy (non-hydrogen) atoms. The zero-order valence-corrected chi connectivity index (χ0v) is 11.5. The lowest BCUT2D eigenvalue weighted by Crippen LogP contribution is -2.40. The zero-order valence-electron chi connectivity index (χ0n) is 11.5. The van der Waals surface area contributed by atoms with Gasteiger partial charge in [0.2, 0.25) is 5.91 Å². The van der Waals surface area contributed by atoms with Crippen molar-refractivity contribution < 1.29 is 19.1 Å². The van der Waals surface area contributed by atoms with Gasteiger partial charge in [0, 0.05) is 26.6 Å². The van der Waals surface area contributed by atoms with E-state index in [-0.39, 0.29) is 37.1 Å². The van der Waals surface area contributed by atoms with E-state index in [0.717, 1.165) is 0 Å². The summed E-state index contributed by atoms with van der Waals surface area (Å²) < 4.78 is 4.93. The Morgan fingerprint density at radius 1 is 1.47 bits per heavy atom. The van der Waals surface area contributed by atoms with E-state index in [1.54, 1.807) is 33.0 Å². The minimum absolute atomic E-state index is 0.137. The molecule has 6 heteroatoms. The van der Waals surface area contributed by atoms with Crippen molar-refractivity contribution in [2.75, 3.05) is 20.1 Å². The van der Waals surface area contributed by atoms with Crippen LogP contribution in [0.15, 0.2) is 22.8 Å². The minimum Gasteiger partial charge on any atom is -0.459 e. The molecular formula is C13H20N2O4. The lowest BCUT2D eigenvalue weighted by Gasteiger charge is -2.25. The molecular weight excluding hydrogens is 248 g/mol. The number of nitrogens with one attached hydrogen (secondary N) is 1. The second-order valence-electron chi connectivity index (χ2n) is 5.05. The molecule has 0 spiro atoms. The molecule has 1 aromatic heterocycles. The summed E-state index contributed by atoms with van der Waals surface area (Å²) in [6.07, 6.45) is 1.59. The van der Waals surface area contributed by atoms with Crippen LogP contribution in [-0.4, -0.2) is 47.6 Å². The van der Waals surface area contributed by atoms with Gasteiger partial charge in [-0.2, -0.15) is 0 Å². The van der Waals surface area contributed by atoms with Crippen molar-refractivity contribution in [1.29, 1.82) is 0 Å². The fourth-order valence-corrected chi connectivity index (χ4v) is 1.64. The van der Waals surface area contributed by atoms with Crippen molar-refractivity contribution in [3.8, 4) is 0 Å². The molecule has 0 aliphatic heterocycles. The normalized spacial score (nSPS) is 11.2. The highest BCUT2D eigenvalue weighted by molar-refractivity contribution is 5.91. The molecule has 0 unspecified atom stereocenters. The summed E-state index contributed by atoms with van der Waals surface area (Å²) in [7, 11) is 1.62. The van der Waals surface area contributed by atoms with Gasteiger partial charge < -0.3 is 19.7 Å². The smallest absolute Gasteiger partial charge is 0.286 e. The molecule has 2 N–H and O–H groups in total. The number of hydrogen-bond donors (Lipinski definition) is 2. The summed E-state index contributed by atoms with van der Waals surface area (Å²) in [5.74, 6) is -0.262. The van der Waals surface area contributed by atoms with Crippen LogP contribution >= 0.6 is 0 Å². The van der Waals surface area contributed by atoms with Crippen molar-refractivity contribution in [3.05, 3.63) is 24.2 Å². The van der Waals surface area contributed by atoms with Crippen molar-refractivity contribution >= 4 is 11.8 Å². The second-order valence-corrected chi connectivity index (χ2v) is 5.05. The lowest BCUT2D eigenvalue weighted by atomic mass is 10.1. The quantitative estimate of drug-likeness (QED) is 0.792. The SMILES string of the molecule is CN(CC(C)(C)O)C(=O)CCNC(=O)c1ccco1. The van der Waals surface area contributed by atoms with Crippen LogP contribution in [-0.2, 0) is 4.79 Å². The van der Waals surface area contributed by atoms with Gasteiger partial charge in [-0.1, -0.05) is 0 Å². The number of carbonyl (C=O) groups is 2. The molecule has 0 saturated heterocycles. The van der Waals surface area contributed by atoms with Crippen molar-refractivity contribution in [1.82, 2.24) is 10.2 Å². The maximum atomic E-state index is 11.7. The lowest BCUT2D eigenvalue weighted by molar-refractivity contribution is -0.132. The van der Waals surface area contributed by atoms with E-state index < -0.39 is 5.60 Å². The topological polar surface area (TPSA) is 82.8 Å². The molecule has 0 bridgehead atoms. The average Bonchev–Trinajstić information content (AvgIpc) is 2.79. The van der Waals surface area contributed by atoms with Crippen LogP contribution in [0.2, 0.25) is 0 Å². The number of amides is 2. The van der Waals surface area contributed by atoms with Gasteiger partial charge in [0.05, 0.1) is 11.9 Å². The summed E-state index contributed by atoms with van der Waals surface area (Å²) in [6.45, 7) is 3.75. The summed E-state index contributed by atoms with van der Waals surface area (Å²) in [5.41, 5.74) is -0.929. The van der Waals surface area contributed by atoms with E-state index in [1.165, 1.54) is 11.2 Å². The second kappa shape index (κ2) is 6.38. The van der Waals surface area contributed by atoms with Crippen LogP contribution in [0.3, 0.4) is 0 Å². The van der Waals surface area contributed by atoms with E-state index in [1.807, 2.05) is 0 Å². The fraction of sp³-hybridized carbons (Fsp3) is 0.538. The Morgan fingerprint density at radius 2 is 2.16 bits per heavy atom. The van der Waals surface area contributed by atoms with E-state index in [4.69, 9.17) is 4.42 Å². The summed E-state index contributed by atoms with van der Waals surface area (Å²) in [4.78, 5) is 24.7. The van der Waals surface area contributed by atoms with Gasteiger partial charge in [0.15, 0.2) is 5.76 Å². The maximum absolute atomic E-state index is 11.7. The molecule has 0 fully saturated rings. The van der Waals surface area contributed by atoms with E-state index in [9.17, 15) is 14.7 Å². The standard InChI is InChI=1S/C13H20N2O4/c1-13(2,18)9-15(3)11(16)6-7-14-12(17)10-5-4-8-19-10/h4-5,8,18H,6-7,9H2,1-3H3,(H,14,17). The number of rotatable bonds is 6. The number of hydrogen-bond acceptors (Lipinski definition) is 4. The van der Waals surface area contributed by atoms with Crippen LogP contribution < -0.4 is 5.32 Å². The van der Waals surface area contributed by atoms with E-state index in [0.29, 0.717) is 0 Å². The first kappa shape index (κ1) is 15.2. The summed E-state index contributed by atoms with van der Waals surface area (Å²) in [5, 5.41) is 12.2. The summed E-state index contributed by atoms with van der Waals surface area (Å²) >= 11 is 0. The largest absolute Gasteiger partial charge is 0.459 e. The number of nitrogens with zero attached hydrogens (tertiary/aromatic N) is 1. The highest BCUT2D eigenvalue weighted by atomic mass is 16.3. The van der Waals surface area contributed by atoms with Crippen LogP contribution in [0.5, 0.6) is 0 Å². The molecule has 1 aromatic rings. The Morgan fingerprint density at radius 3 is 2.68 bits per heavy atom. The molecule has 0 aliphatic carbocycles. The molecule has 6 nitrogen and oxygen atoms in total. The number of furan rings is 1. The molecule has 2 amide bonds. The van der Waals surface area contributed by atoms with Crippen molar-refractivity contribution in [2.24, 2.45) is 0 Å². The van der Waals surface area contributed by atoms with Gasteiger partial charge in [-0.3, -0.25) is 9.59 Å². The highest BCUT2D eigenvalue weighted by Crippen LogP contribution is 2.04. The zero-order chi connectivity index (χ0) is 14.5. The number of aliphatic hydroxyl groups is 1. The van der Waals surface area contributed by atoms with Crippen LogP contribution in [0.4, 0.5) is 0 Å². The molecule has 1 rings (SSSR count). The predicted octanol–water partition coefficient (Wildman–Crippen LogP) is 0.629. The van der Waals surface area contributed by atoms with E-state index >= 15 is 0 Å². The third-order valence-electron chi connectivity index (χ3n) is 2.42. The van der Waals surface area contributed by atoms with Crippen LogP contribution in [0.25, 0.3) is 0 Å². The number of likely N-dealkylation sites (N-methyl/N-ethyl adjacent to an activating group) is 1. The Hall–Kier alpha value is -1.82. The Kier molecular flexibility index (Phi) is 5.11. The Balaban J connectivity index is 2.29. The van der Waals surface area contributed by atoms with Gasteiger partial charge in [0.1, 0.15) is 0 Å². The first-order chi connectivity index (χ1) is 8.79. The van der Waals surface area contributed by atoms with Crippen molar-refractivity contribution in [2.45, 2.75) is 25.9 Å². The average molecular weight is 268 g/mol. The predicted molar refractivity (Wildman–Crippen MR) is 69.6 cm³/mol. The molecule has 0 saturated carbocycles. The molecule has 0 aliphatic rings. The highest BCUT2D eigenvalue weighted by Gasteiger charge is 2.19.